The molecule has 20 heavy (non-hydrogen) atoms. The highest BCUT2D eigenvalue weighted by Gasteiger charge is 2.30. The monoisotopic (exact) mass is 281 g/mol. The quantitative estimate of drug-likeness (QED) is 0.870. The molecule has 1 aromatic carbocycles. The highest BCUT2D eigenvalue weighted by atomic mass is 19.4. The van der Waals surface area contributed by atoms with Crippen molar-refractivity contribution in [2.45, 2.75) is 19.0 Å². The number of fused-ring (bicyclic) bond motifs is 1. The van der Waals surface area contributed by atoms with Crippen LogP contribution < -0.4 is 5.32 Å². The van der Waals surface area contributed by atoms with Crippen LogP contribution in [0.25, 0.3) is 5.69 Å². The van der Waals surface area contributed by atoms with Gasteiger partial charge in [0.15, 0.2) is 0 Å². The maximum Gasteiger partial charge on any atom is 0.416 e. The van der Waals surface area contributed by atoms with Crippen molar-refractivity contribution in [3.8, 4) is 5.69 Å². The van der Waals surface area contributed by atoms with Crippen LogP contribution in [0.1, 0.15) is 16.8 Å². The summed E-state index contributed by atoms with van der Waals surface area (Å²) in [6.45, 7) is 1.79. The minimum Gasteiger partial charge on any atom is -0.316 e. The summed E-state index contributed by atoms with van der Waals surface area (Å²) in [4.78, 5) is 0. The summed E-state index contributed by atoms with van der Waals surface area (Å²) in [6.07, 6.45) is -0.644. The van der Waals surface area contributed by atoms with E-state index in [9.17, 15) is 13.2 Å². The first kappa shape index (κ1) is 13.2. The number of hydrogen-bond acceptors (Lipinski definition) is 2. The number of nitrogens with zero attached hydrogens (tertiary/aromatic N) is 2. The lowest BCUT2D eigenvalue weighted by Gasteiger charge is -2.07. The lowest BCUT2D eigenvalue weighted by molar-refractivity contribution is -0.137. The molecule has 106 valence electrons. The molecule has 0 saturated heterocycles. The highest BCUT2D eigenvalue weighted by molar-refractivity contribution is 5.36. The smallest absolute Gasteiger partial charge is 0.316 e. The summed E-state index contributed by atoms with van der Waals surface area (Å²) in [7, 11) is 0. The highest BCUT2D eigenvalue weighted by Crippen LogP contribution is 2.29. The van der Waals surface area contributed by atoms with Crippen LogP contribution in [-0.4, -0.2) is 22.9 Å². The third-order valence-corrected chi connectivity index (χ3v) is 3.45. The number of alkyl halides is 3. The largest absolute Gasteiger partial charge is 0.416 e. The Morgan fingerprint density at radius 1 is 1.05 bits per heavy atom. The molecular weight excluding hydrogens is 267 g/mol. The van der Waals surface area contributed by atoms with Crippen LogP contribution in [0.5, 0.6) is 0 Å². The minimum atomic E-state index is -4.30. The van der Waals surface area contributed by atoms with E-state index in [1.807, 2.05) is 6.20 Å². The fraction of sp³-hybridized carbons (Fsp3) is 0.357. The number of rotatable bonds is 1. The van der Waals surface area contributed by atoms with Gasteiger partial charge in [0, 0.05) is 19.2 Å². The van der Waals surface area contributed by atoms with E-state index in [1.165, 1.54) is 12.1 Å². The van der Waals surface area contributed by atoms with Crippen molar-refractivity contribution in [1.82, 2.24) is 15.1 Å². The lowest BCUT2D eigenvalue weighted by Crippen LogP contribution is -2.16. The molecule has 3 nitrogen and oxygen atoms in total. The summed E-state index contributed by atoms with van der Waals surface area (Å²) in [6, 6.07) is 5.08. The van der Waals surface area contributed by atoms with Gasteiger partial charge in [-0.1, -0.05) is 0 Å². The van der Waals surface area contributed by atoms with E-state index in [0.717, 1.165) is 49.3 Å². The summed E-state index contributed by atoms with van der Waals surface area (Å²) in [5.74, 6) is 0. The number of halogens is 3. The molecule has 1 aliphatic rings. The van der Waals surface area contributed by atoms with Gasteiger partial charge in [0.1, 0.15) is 0 Å². The number of benzene rings is 1. The molecule has 0 bridgehead atoms. The standard InChI is InChI=1S/C14H14F3N3/c15-14(16,17)11-1-3-12(4-2-11)20-9-10-5-7-18-8-6-13(10)19-20/h1-4,9,18H,5-8H2. The molecule has 6 heteroatoms. The lowest BCUT2D eigenvalue weighted by atomic mass is 10.2. The molecule has 0 saturated carbocycles. The van der Waals surface area contributed by atoms with Crippen molar-refractivity contribution in [1.29, 1.82) is 0 Å². The second-order valence-electron chi connectivity index (χ2n) is 4.84. The summed E-state index contributed by atoms with van der Waals surface area (Å²) in [5.41, 5.74) is 2.20. The number of hydrogen-bond donors (Lipinski definition) is 1. The predicted molar refractivity (Wildman–Crippen MR) is 68.8 cm³/mol. The van der Waals surface area contributed by atoms with Gasteiger partial charge in [0.05, 0.1) is 16.9 Å². The molecule has 0 atom stereocenters. The number of nitrogens with one attached hydrogen (secondary N) is 1. The van der Waals surface area contributed by atoms with Gasteiger partial charge in [-0.15, -0.1) is 0 Å². The Morgan fingerprint density at radius 2 is 1.75 bits per heavy atom. The molecule has 2 aromatic rings. The van der Waals surface area contributed by atoms with Gasteiger partial charge in [0.2, 0.25) is 0 Å². The maximum absolute atomic E-state index is 12.5. The van der Waals surface area contributed by atoms with Crippen LogP contribution in [0.3, 0.4) is 0 Å². The van der Waals surface area contributed by atoms with Crippen LogP contribution in [0.2, 0.25) is 0 Å². The molecule has 0 radical (unpaired) electrons. The van der Waals surface area contributed by atoms with Gasteiger partial charge in [0.25, 0.3) is 0 Å². The molecule has 0 spiro atoms. The molecule has 1 aromatic heterocycles. The van der Waals surface area contributed by atoms with Crippen molar-refractivity contribution in [3.63, 3.8) is 0 Å². The molecule has 0 aliphatic carbocycles. The van der Waals surface area contributed by atoms with E-state index < -0.39 is 11.7 Å². The van der Waals surface area contributed by atoms with E-state index in [1.54, 1.807) is 4.68 Å². The number of aromatic nitrogens is 2. The Bertz CT molecular complexity index is 576. The van der Waals surface area contributed by atoms with Gasteiger partial charge < -0.3 is 5.32 Å². The first-order chi connectivity index (χ1) is 9.54. The predicted octanol–water partition coefficient (Wildman–Crippen LogP) is 2.58. The first-order valence-electron chi connectivity index (χ1n) is 6.50. The van der Waals surface area contributed by atoms with E-state index in [4.69, 9.17) is 0 Å². The van der Waals surface area contributed by atoms with Crippen molar-refractivity contribution < 1.29 is 13.2 Å². The first-order valence-corrected chi connectivity index (χ1v) is 6.50. The van der Waals surface area contributed by atoms with Crippen LogP contribution in [0, 0.1) is 0 Å². The zero-order valence-electron chi connectivity index (χ0n) is 10.7. The minimum absolute atomic E-state index is 0.640. The topological polar surface area (TPSA) is 29.9 Å². The molecule has 3 rings (SSSR count). The van der Waals surface area contributed by atoms with E-state index in [2.05, 4.69) is 10.4 Å². The maximum atomic E-state index is 12.5. The second-order valence-corrected chi connectivity index (χ2v) is 4.84. The van der Waals surface area contributed by atoms with Gasteiger partial charge in [-0.25, -0.2) is 4.68 Å². The zero-order chi connectivity index (χ0) is 14.2. The van der Waals surface area contributed by atoms with E-state index in [0.29, 0.717) is 5.69 Å². The SMILES string of the molecule is FC(F)(F)c1ccc(-n2cc3c(n2)CCNCC3)cc1. The Morgan fingerprint density at radius 3 is 2.45 bits per heavy atom. The Labute approximate surface area is 114 Å². The Kier molecular flexibility index (Phi) is 3.25. The Hall–Kier alpha value is -1.82. The average Bonchev–Trinajstić information content (AvgIpc) is 2.69. The summed E-state index contributed by atoms with van der Waals surface area (Å²) >= 11 is 0. The van der Waals surface area contributed by atoms with Crippen molar-refractivity contribution in [2.75, 3.05) is 13.1 Å². The summed E-state index contributed by atoms with van der Waals surface area (Å²) < 4.78 is 39.2. The molecule has 1 aliphatic heterocycles. The zero-order valence-corrected chi connectivity index (χ0v) is 10.7. The summed E-state index contributed by atoms with van der Waals surface area (Å²) in [5, 5.41) is 7.76. The molecule has 1 N–H and O–H groups in total. The van der Waals surface area contributed by atoms with Gasteiger partial charge in [-0.3, -0.25) is 0 Å². The fourth-order valence-corrected chi connectivity index (χ4v) is 2.35. The van der Waals surface area contributed by atoms with Crippen molar-refractivity contribution in [2.24, 2.45) is 0 Å². The van der Waals surface area contributed by atoms with Gasteiger partial charge in [-0.05, 0) is 42.8 Å². The van der Waals surface area contributed by atoms with E-state index >= 15 is 0 Å². The van der Waals surface area contributed by atoms with Crippen LogP contribution in [-0.2, 0) is 19.0 Å². The molecule has 0 unspecified atom stereocenters. The van der Waals surface area contributed by atoms with E-state index in [-0.39, 0.29) is 0 Å². The van der Waals surface area contributed by atoms with Crippen LogP contribution in [0.4, 0.5) is 13.2 Å². The molecule has 0 amide bonds. The Balaban J connectivity index is 1.90. The van der Waals surface area contributed by atoms with Gasteiger partial charge >= 0.3 is 6.18 Å². The normalized spacial score (nSPS) is 15.8. The van der Waals surface area contributed by atoms with Crippen molar-refractivity contribution >= 4 is 0 Å². The fourth-order valence-electron chi connectivity index (χ4n) is 2.35. The second kappa shape index (κ2) is 4.94. The average molecular weight is 281 g/mol. The molecular formula is C14H14F3N3. The third kappa shape index (κ3) is 2.56. The van der Waals surface area contributed by atoms with Gasteiger partial charge in [-0.2, -0.15) is 18.3 Å². The molecule has 0 fully saturated rings. The molecule has 2 heterocycles. The third-order valence-electron chi connectivity index (χ3n) is 3.45. The van der Waals surface area contributed by atoms with Crippen LogP contribution in [0.15, 0.2) is 30.5 Å². The van der Waals surface area contributed by atoms with Crippen LogP contribution >= 0.6 is 0 Å². The van der Waals surface area contributed by atoms with Crippen molar-refractivity contribution in [3.05, 3.63) is 47.3 Å².